The fourth-order valence-electron chi connectivity index (χ4n) is 1.09. The van der Waals surface area contributed by atoms with Gasteiger partial charge in [-0.2, -0.15) is 0 Å². The Labute approximate surface area is 88.7 Å². The van der Waals surface area contributed by atoms with Crippen LogP contribution >= 0.6 is 0 Å². The molecule has 0 aliphatic carbocycles. The largest absolute Gasteiger partial charge is 0.469 e. The van der Waals surface area contributed by atoms with Gasteiger partial charge >= 0.3 is 11.9 Å². The van der Waals surface area contributed by atoms with Crippen molar-refractivity contribution in [2.24, 2.45) is 5.92 Å². The molecule has 0 fully saturated rings. The zero-order chi connectivity index (χ0) is 11.8. The summed E-state index contributed by atoms with van der Waals surface area (Å²) in [4.78, 5) is 33.2. The summed E-state index contributed by atoms with van der Waals surface area (Å²) in [7, 11) is 1.26. The van der Waals surface area contributed by atoms with Gasteiger partial charge in [0, 0.05) is 6.42 Å². The van der Waals surface area contributed by atoms with Crippen LogP contribution in [0.4, 0.5) is 0 Å². The molecular formula is C10H16O5. The second kappa shape index (κ2) is 6.98. The lowest BCUT2D eigenvalue weighted by molar-refractivity contribution is -0.151. The molecular weight excluding hydrogens is 200 g/mol. The van der Waals surface area contributed by atoms with Gasteiger partial charge in [-0.15, -0.1) is 0 Å². The number of rotatable bonds is 6. The monoisotopic (exact) mass is 216 g/mol. The Kier molecular flexibility index (Phi) is 6.33. The standard InChI is InChI=1S/C10H16O5/c1-4-15-10(13)8(7(2)11)5-6-9(12)14-3/h8H,4-6H2,1-3H3/t8-/m1/s1. The van der Waals surface area contributed by atoms with Crippen LogP contribution in [0.5, 0.6) is 0 Å². The average molecular weight is 216 g/mol. The average Bonchev–Trinajstić information content (AvgIpc) is 2.17. The van der Waals surface area contributed by atoms with Crippen molar-refractivity contribution in [2.45, 2.75) is 26.7 Å². The molecule has 0 aromatic heterocycles. The van der Waals surface area contributed by atoms with Crippen molar-refractivity contribution in [1.82, 2.24) is 0 Å². The smallest absolute Gasteiger partial charge is 0.316 e. The third-order valence-electron chi connectivity index (χ3n) is 1.93. The molecule has 0 aromatic rings. The summed E-state index contributed by atoms with van der Waals surface area (Å²) < 4.78 is 9.14. The molecule has 0 amide bonds. The van der Waals surface area contributed by atoms with Gasteiger partial charge in [0.1, 0.15) is 11.7 Å². The van der Waals surface area contributed by atoms with Gasteiger partial charge in [-0.05, 0) is 20.3 Å². The highest BCUT2D eigenvalue weighted by Gasteiger charge is 2.25. The van der Waals surface area contributed by atoms with E-state index in [4.69, 9.17) is 4.74 Å². The Morgan fingerprint density at radius 1 is 1.27 bits per heavy atom. The maximum Gasteiger partial charge on any atom is 0.316 e. The summed E-state index contributed by atoms with van der Waals surface area (Å²) in [5.74, 6) is -2.17. The first-order chi connectivity index (χ1) is 7.02. The fourth-order valence-corrected chi connectivity index (χ4v) is 1.09. The van der Waals surface area contributed by atoms with Gasteiger partial charge in [0.2, 0.25) is 0 Å². The Morgan fingerprint density at radius 3 is 2.27 bits per heavy atom. The lowest BCUT2D eigenvalue weighted by Gasteiger charge is -2.11. The predicted molar refractivity (Wildman–Crippen MR) is 52.1 cm³/mol. The molecule has 0 N–H and O–H groups in total. The van der Waals surface area contributed by atoms with E-state index < -0.39 is 17.9 Å². The number of Topliss-reactive ketones (excluding diaryl/α,β-unsaturated/α-hetero) is 1. The van der Waals surface area contributed by atoms with Crippen LogP contribution in [0, 0.1) is 5.92 Å². The van der Waals surface area contributed by atoms with E-state index in [0.717, 1.165) is 0 Å². The highest BCUT2D eigenvalue weighted by Crippen LogP contribution is 2.11. The van der Waals surface area contributed by atoms with Crippen molar-refractivity contribution in [2.75, 3.05) is 13.7 Å². The third kappa shape index (κ3) is 5.15. The second-order valence-electron chi connectivity index (χ2n) is 3.03. The highest BCUT2D eigenvalue weighted by atomic mass is 16.5. The number of methoxy groups -OCH3 is 1. The van der Waals surface area contributed by atoms with Crippen LogP contribution < -0.4 is 0 Å². The van der Waals surface area contributed by atoms with Crippen molar-refractivity contribution in [3.8, 4) is 0 Å². The van der Waals surface area contributed by atoms with Crippen molar-refractivity contribution in [1.29, 1.82) is 0 Å². The fraction of sp³-hybridized carbons (Fsp3) is 0.700. The Balaban J connectivity index is 4.22. The van der Waals surface area contributed by atoms with Crippen LogP contribution in [0.3, 0.4) is 0 Å². The molecule has 5 nitrogen and oxygen atoms in total. The van der Waals surface area contributed by atoms with Crippen LogP contribution in [0.25, 0.3) is 0 Å². The van der Waals surface area contributed by atoms with Gasteiger partial charge < -0.3 is 9.47 Å². The van der Waals surface area contributed by atoms with E-state index in [2.05, 4.69) is 4.74 Å². The van der Waals surface area contributed by atoms with Crippen LogP contribution in [0.2, 0.25) is 0 Å². The molecule has 15 heavy (non-hydrogen) atoms. The highest BCUT2D eigenvalue weighted by molar-refractivity contribution is 5.98. The molecule has 0 bridgehead atoms. The summed E-state index contributed by atoms with van der Waals surface area (Å²) in [6, 6.07) is 0. The summed E-state index contributed by atoms with van der Waals surface area (Å²) in [6.07, 6.45) is 0.181. The number of ketones is 1. The van der Waals surface area contributed by atoms with Gasteiger partial charge in [-0.3, -0.25) is 14.4 Å². The first kappa shape index (κ1) is 13.6. The summed E-state index contributed by atoms with van der Waals surface area (Å²) >= 11 is 0. The van der Waals surface area contributed by atoms with Crippen molar-refractivity contribution in [3.63, 3.8) is 0 Å². The van der Waals surface area contributed by atoms with E-state index in [-0.39, 0.29) is 25.2 Å². The van der Waals surface area contributed by atoms with Crippen LogP contribution in [0.15, 0.2) is 0 Å². The topological polar surface area (TPSA) is 69.7 Å². The Hall–Kier alpha value is -1.39. The van der Waals surface area contributed by atoms with E-state index in [1.165, 1.54) is 14.0 Å². The quantitative estimate of drug-likeness (QED) is 0.483. The number of esters is 2. The van der Waals surface area contributed by atoms with Crippen molar-refractivity contribution in [3.05, 3.63) is 0 Å². The molecule has 0 aliphatic rings. The molecule has 0 aromatic carbocycles. The SMILES string of the molecule is CCOC(=O)[C@H](CCC(=O)OC)C(C)=O. The number of carbonyl (C=O) groups excluding carboxylic acids is 3. The van der Waals surface area contributed by atoms with E-state index in [9.17, 15) is 14.4 Å². The summed E-state index contributed by atoms with van der Waals surface area (Å²) in [5, 5.41) is 0. The molecule has 0 radical (unpaired) electrons. The van der Waals surface area contributed by atoms with E-state index in [0.29, 0.717) is 0 Å². The lowest BCUT2D eigenvalue weighted by atomic mass is 9.99. The van der Waals surface area contributed by atoms with Gasteiger partial charge in [0.15, 0.2) is 0 Å². The minimum absolute atomic E-state index is 0.0412. The van der Waals surface area contributed by atoms with Crippen molar-refractivity contribution < 1.29 is 23.9 Å². The first-order valence-corrected chi connectivity index (χ1v) is 4.76. The van der Waals surface area contributed by atoms with Gasteiger partial charge in [-0.1, -0.05) is 0 Å². The Morgan fingerprint density at radius 2 is 1.87 bits per heavy atom. The molecule has 1 atom stereocenters. The second-order valence-corrected chi connectivity index (χ2v) is 3.03. The first-order valence-electron chi connectivity index (χ1n) is 4.76. The van der Waals surface area contributed by atoms with E-state index in [1.54, 1.807) is 6.92 Å². The number of hydrogen-bond donors (Lipinski definition) is 0. The predicted octanol–water partition coefficient (Wildman–Crippen LogP) is 0.708. The summed E-state index contributed by atoms with van der Waals surface area (Å²) in [5.41, 5.74) is 0. The number of carbonyl (C=O) groups is 3. The molecule has 0 aliphatic heterocycles. The van der Waals surface area contributed by atoms with Crippen LogP contribution in [-0.4, -0.2) is 31.4 Å². The minimum atomic E-state index is -0.857. The number of hydrogen-bond acceptors (Lipinski definition) is 5. The Bertz CT molecular complexity index is 246. The maximum absolute atomic E-state index is 11.3. The molecule has 5 heteroatoms. The molecule has 0 heterocycles. The number of ether oxygens (including phenoxy) is 2. The van der Waals surface area contributed by atoms with Gasteiger partial charge in [0.05, 0.1) is 13.7 Å². The van der Waals surface area contributed by atoms with Gasteiger partial charge in [0.25, 0.3) is 0 Å². The molecule has 0 rings (SSSR count). The molecule has 0 saturated heterocycles. The van der Waals surface area contributed by atoms with Crippen molar-refractivity contribution >= 4 is 17.7 Å². The lowest BCUT2D eigenvalue weighted by Crippen LogP contribution is -2.25. The van der Waals surface area contributed by atoms with E-state index in [1.807, 2.05) is 0 Å². The molecule has 0 spiro atoms. The zero-order valence-electron chi connectivity index (χ0n) is 9.24. The minimum Gasteiger partial charge on any atom is -0.469 e. The van der Waals surface area contributed by atoms with Crippen LogP contribution in [0.1, 0.15) is 26.7 Å². The zero-order valence-corrected chi connectivity index (χ0v) is 9.24. The maximum atomic E-state index is 11.3. The van der Waals surface area contributed by atoms with Crippen LogP contribution in [-0.2, 0) is 23.9 Å². The van der Waals surface area contributed by atoms with Gasteiger partial charge in [-0.25, -0.2) is 0 Å². The normalized spacial score (nSPS) is 11.7. The molecule has 86 valence electrons. The molecule has 0 saturated carbocycles. The molecule has 0 unspecified atom stereocenters. The third-order valence-corrected chi connectivity index (χ3v) is 1.93. The summed E-state index contributed by atoms with van der Waals surface area (Å²) in [6.45, 7) is 3.19. The van der Waals surface area contributed by atoms with E-state index >= 15 is 0 Å².